The Morgan fingerprint density at radius 2 is 1.77 bits per heavy atom. The van der Waals surface area contributed by atoms with E-state index in [4.69, 9.17) is 13.9 Å². The normalized spacial score (nSPS) is 12.9. The minimum Gasteiger partial charge on any atom is -0.454 e. The molecule has 2 aromatic heterocycles. The van der Waals surface area contributed by atoms with Gasteiger partial charge in [0.25, 0.3) is 5.56 Å². The van der Waals surface area contributed by atoms with Gasteiger partial charge in [-0.1, -0.05) is 30.3 Å². The van der Waals surface area contributed by atoms with Crippen LogP contribution in [-0.2, 0) is 0 Å². The Bertz CT molecular complexity index is 1520. The van der Waals surface area contributed by atoms with E-state index in [2.05, 4.69) is 10.1 Å². The lowest BCUT2D eigenvalue weighted by Gasteiger charge is -2.07. The maximum absolute atomic E-state index is 13.3. The number of furan rings is 1. The van der Waals surface area contributed by atoms with Gasteiger partial charge in [0.1, 0.15) is 5.58 Å². The summed E-state index contributed by atoms with van der Waals surface area (Å²) in [5, 5.41) is 5.86. The molecule has 0 unspecified atom stereocenters. The average Bonchev–Trinajstić information content (AvgIpc) is 3.44. The molecule has 3 aromatic carbocycles. The zero-order valence-corrected chi connectivity index (χ0v) is 16.2. The molecule has 0 bridgehead atoms. The molecule has 0 fully saturated rings. The van der Waals surface area contributed by atoms with Crippen LogP contribution >= 0.6 is 0 Å². The molecule has 5 aromatic rings. The zero-order valence-electron chi connectivity index (χ0n) is 16.2. The van der Waals surface area contributed by atoms with Crippen molar-refractivity contribution in [2.45, 2.75) is 0 Å². The van der Waals surface area contributed by atoms with Gasteiger partial charge < -0.3 is 13.9 Å². The lowest BCUT2D eigenvalue weighted by molar-refractivity contribution is 0.174. The van der Waals surface area contributed by atoms with Gasteiger partial charge in [-0.05, 0) is 48.0 Å². The molecule has 1 aliphatic heterocycles. The van der Waals surface area contributed by atoms with E-state index in [1.54, 1.807) is 24.4 Å². The van der Waals surface area contributed by atoms with Gasteiger partial charge in [0.2, 0.25) is 12.6 Å². The third kappa shape index (κ3) is 2.95. The van der Waals surface area contributed by atoms with E-state index in [0.29, 0.717) is 39.6 Å². The molecule has 0 amide bonds. The van der Waals surface area contributed by atoms with Gasteiger partial charge in [0.15, 0.2) is 17.3 Å². The summed E-state index contributed by atoms with van der Waals surface area (Å²) in [7, 11) is 0. The number of hydrogen-bond donors (Lipinski definition) is 0. The van der Waals surface area contributed by atoms with Gasteiger partial charge in [-0.25, -0.2) is 4.98 Å². The Morgan fingerprint density at radius 1 is 0.935 bits per heavy atom. The summed E-state index contributed by atoms with van der Waals surface area (Å²) >= 11 is 0. The number of rotatable bonds is 3. The summed E-state index contributed by atoms with van der Waals surface area (Å²) in [5.74, 6) is 2.12. The number of fused-ring (bicyclic) bond motifs is 3. The Hall–Kier alpha value is -4.39. The minimum atomic E-state index is -0.280. The van der Waals surface area contributed by atoms with Crippen LogP contribution in [0.2, 0.25) is 0 Å². The topological polar surface area (TPSA) is 78.9 Å². The van der Waals surface area contributed by atoms with Crippen molar-refractivity contribution in [2.75, 3.05) is 6.79 Å². The standard InChI is InChI=1S/C24H15N3O4/c28-24-17-6-2-3-7-18(17)26-23(22-12-16-5-1-4-8-19(16)31-22)27(24)25-13-15-9-10-20-21(11-15)30-14-29-20/h1-13H,14H2. The summed E-state index contributed by atoms with van der Waals surface area (Å²) in [6, 6.07) is 22.2. The molecule has 1 aliphatic rings. The molecular formula is C24H15N3O4. The van der Waals surface area contributed by atoms with Gasteiger partial charge in [-0.2, -0.15) is 9.78 Å². The molecule has 6 rings (SSSR count). The largest absolute Gasteiger partial charge is 0.454 e. The third-order valence-corrected chi connectivity index (χ3v) is 5.12. The SMILES string of the molecule is O=c1c2ccccc2nc(-c2cc3ccccc3o2)n1N=Cc1ccc2c(c1)OCO2. The van der Waals surface area contributed by atoms with Gasteiger partial charge in [0.05, 0.1) is 17.1 Å². The fraction of sp³-hybridized carbons (Fsp3) is 0.0417. The second kappa shape index (κ2) is 6.84. The Labute approximate surface area is 175 Å². The van der Waals surface area contributed by atoms with E-state index in [0.717, 1.165) is 10.9 Å². The maximum Gasteiger partial charge on any atom is 0.282 e. The molecule has 0 spiro atoms. The van der Waals surface area contributed by atoms with Crippen molar-refractivity contribution in [3.8, 4) is 23.1 Å². The van der Waals surface area contributed by atoms with Crippen LogP contribution in [0.4, 0.5) is 0 Å². The first-order chi connectivity index (χ1) is 15.3. The Kier molecular flexibility index (Phi) is 3.86. The summed E-state index contributed by atoms with van der Waals surface area (Å²) in [4.78, 5) is 18.0. The molecule has 0 saturated heterocycles. The van der Waals surface area contributed by atoms with Gasteiger partial charge in [-0.3, -0.25) is 4.79 Å². The van der Waals surface area contributed by atoms with Crippen LogP contribution in [0.3, 0.4) is 0 Å². The van der Waals surface area contributed by atoms with Crippen LogP contribution in [0, 0.1) is 0 Å². The van der Waals surface area contributed by atoms with Crippen LogP contribution in [0.15, 0.2) is 87.1 Å². The summed E-state index contributed by atoms with van der Waals surface area (Å²) in [5.41, 5.74) is 1.78. The summed E-state index contributed by atoms with van der Waals surface area (Å²) in [6.07, 6.45) is 1.59. The van der Waals surface area contributed by atoms with Crippen molar-refractivity contribution in [3.05, 3.63) is 88.7 Å². The third-order valence-electron chi connectivity index (χ3n) is 5.12. The van der Waals surface area contributed by atoms with E-state index in [9.17, 15) is 4.79 Å². The van der Waals surface area contributed by atoms with Crippen LogP contribution < -0.4 is 15.0 Å². The van der Waals surface area contributed by atoms with Crippen molar-refractivity contribution in [2.24, 2.45) is 5.10 Å². The fourth-order valence-corrected chi connectivity index (χ4v) is 3.60. The number of nitrogens with zero attached hydrogens (tertiary/aromatic N) is 3. The average molecular weight is 409 g/mol. The van der Waals surface area contributed by atoms with Crippen LogP contribution in [0.25, 0.3) is 33.5 Å². The lowest BCUT2D eigenvalue weighted by Crippen LogP contribution is -2.20. The highest BCUT2D eigenvalue weighted by molar-refractivity contribution is 5.85. The van der Waals surface area contributed by atoms with E-state index in [1.807, 2.05) is 54.6 Å². The van der Waals surface area contributed by atoms with Crippen LogP contribution in [0.1, 0.15) is 5.56 Å². The first-order valence-electron chi connectivity index (χ1n) is 9.71. The molecule has 0 saturated carbocycles. The fourth-order valence-electron chi connectivity index (χ4n) is 3.60. The summed E-state index contributed by atoms with van der Waals surface area (Å²) < 4.78 is 18.0. The second-order valence-corrected chi connectivity index (χ2v) is 7.08. The maximum atomic E-state index is 13.3. The zero-order chi connectivity index (χ0) is 20.8. The molecular weight excluding hydrogens is 394 g/mol. The highest BCUT2D eigenvalue weighted by Gasteiger charge is 2.17. The molecule has 0 atom stereocenters. The number of para-hydroxylation sites is 2. The van der Waals surface area contributed by atoms with E-state index < -0.39 is 0 Å². The number of ether oxygens (including phenoxy) is 2. The first-order valence-corrected chi connectivity index (χ1v) is 9.71. The van der Waals surface area contributed by atoms with Crippen LogP contribution in [0.5, 0.6) is 11.5 Å². The molecule has 0 N–H and O–H groups in total. The monoisotopic (exact) mass is 409 g/mol. The van der Waals surface area contributed by atoms with Gasteiger partial charge in [0, 0.05) is 5.39 Å². The van der Waals surface area contributed by atoms with Crippen molar-refractivity contribution in [1.29, 1.82) is 0 Å². The first kappa shape index (κ1) is 17.5. The number of benzene rings is 3. The molecule has 150 valence electrons. The molecule has 7 heteroatoms. The quantitative estimate of drug-likeness (QED) is 0.412. The van der Waals surface area contributed by atoms with Gasteiger partial charge in [-0.15, -0.1) is 0 Å². The van der Waals surface area contributed by atoms with E-state index >= 15 is 0 Å². The lowest BCUT2D eigenvalue weighted by atomic mass is 10.2. The molecule has 31 heavy (non-hydrogen) atoms. The highest BCUT2D eigenvalue weighted by Crippen LogP contribution is 2.32. The van der Waals surface area contributed by atoms with Crippen molar-refractivity contribution in [1.82, 2.24) is 9.66 Å². The van der Waals surface area contributed by atoms with Crippen LogP contribution in [-0.4, -0.2) is 22.7 Å². The molecule has 0 aliphatic carbocycles. The van der Waals surface area contributed by atoms with E-state index in [-0.39, 0.29) is 12.4 Å². The number of aromatic nitrogens is 2. The highest BCUT2D eigenvalue weighted by atomic mass is 16.7. The second-order valence-electron chi connectivity index (χ2n) is 7.08. The molecule has 0 radical (unpaired) electrons. The van der Waals surface area contributed by atoms with Crippen molar-refractivity contribution < 1.29 is 13.9 Å². The predicted molar refractivity (Wildman–Crippen MR) is 117 cm³/mol. The van der Waals surface area contributed by atoms with Crippen molar-refractivity contribution in [3.63, 3.8) is 0 Å². The van der Waals surface area contributed by atoms with Gasteiger partial charge >= 0.3 is 0 Å². The minimum absolute atomic E-state index is 0.195. The Balaban J connectivity index is 1.54. The predicted octanol–water partition coefficient (Wildman–Crippen LogP) is 4.42. The molecule has 3 heterocycles. The van der Waals surface area contributed by atoms with E-state index in [1.165, 1.54) is 4.68 Å². The number of hydrogen-bond acceptors (Lipinski definition) is 6. The smallest absolute Gasteiger partial charge is 0.282 e. The molecule has 7 nitrogen and oxygen atoms in total. The Morgan fingerprint density at radius 3 is 2.71 bits per heavy atom. The van der Waals surface area contributed by atoms with Crippen molar-refractivity contribution >= 4 is 28.1 Å². The summed E-state index contributed by atoms with van der Waals surface area (Å²) in [6.45, 7) is 0.195.